The van der Waals surface area contributed by atoms with Gasteiger partial charge in [0.05, 0.1) is 7.11 Å². The van der Waals surface area contributed by atoms with Crippen LogP contribution in [0.3, 0.4) is 0 Å². The second-order valence-corrected chi connectivity index (χ2v) is 5.62. The van der Waals surface area contributed by atoms with Crippen LogP contribution in [-0.4, -0.2) is 25.7 Å². The van der Waals surface area contributed by atoms with E-state index >= 15 is 0 Å². The van der Waals surface area contributed by atoms with Crippen LogP contribution >= 0.6 is 11.3 Å². The normalized spacial score (nSPS) is 12.4. The second kappa shape index (κ2) is 7.45. The molecule has 0 spiro atoms. The number of carbonyl (C=O) groups excluding carboxylic acids is 1. The lowest BCUT2D eigenvalue weighted by atomic mass is 10.2. The molecule has 1 aromatic rings. The minimum absolute atomic E-state index is 0.131. The lowest BCUT2D eigenvalue weighted by molar-refractivity contribution is -0.140. The molecule has 0 fully saturated rings. The second-order valence-electron chi connectivity index (χ2n) is 4.25. The zero-order valence-corrected chi connectivity index (χ0v) is 11.6. The molecule has 1 N–H and O–H groups in total. The SMILES string of the molecule is COC(=O)CCCNC(C)Cc1ccc(C)s1. The van der Waals surface area contributed by atoms with E-state index in [9.17, 15) is 4.79 Å². The van der Waals surface area contributed by atoms with Crippen molar-refractivity contribution in [1.82, 2.24) is 5.32 Å². The van der Waals surface area contributed by atoms with Crippen LogP contribution in [-0.2, 0) is 16.0 Å². The van der Waals surface area contributed by atoms with Gasteiger partial charge in [0, 0.05) is 22.2 Å². The van der Waals surface area contributed by atoms with Gasteiger partial charge < -0.3 is 10.1 Å². The standard InChI is InChI=1S/C13H21NO2S/c1-10(9-12-7-6-11(2)17-12)14-8-4-5-13(15)16-3/h6-7,10,14H,4-5,8-9H2,1-3H3. The number of aryl methyl sites for hydroxylation is 1. The summed E-state index contributed by atoms with van der Waals surface area (Å²) in [6.07, 6.45) is 2.38. The van der Waals surface area contributed by atoms with E-state index in [0.29, 0.717) is 12.5 Å². The molecule has 0 aliphatic heterocycles. The molecule has 0 amide bonds. The Morgan fingerprint density at radius 3 is 2.88 bits per heavy atom. The van der Waals surface area contributed by atoms with Gasteiger partial charge in [0.2, 0.25) is 0 Å². The zero-order valence-electron chi connectivity index (χ0n) is 10.8. The molecule has 1 atom stereocenters. The molecular formula is C13H21NO2S. The van der Waals surface area contributed by atoms with Crippen molar-refractivity contribution in [1.29, 1.82) is 0 Å². The van der Waals surface area contributed by atoms with Crippen molar-refractivity contribution >= 4 is 17.3 Å². The molecule has 0 bridgehead atoms. The number of thiophene rings is 1. The molecule has 0 saturated carbocycles. The summed E-state index contributed by atoms with van der Waals surface area (Å²) in [7, 11) is 1.43. The van der Waals surface area contributed by atoms with Gasteiger partial charge in [-0.15, -0.1) is 11.3 Å². The summed E-state index contributed by atoms with van der Waals surface area (Å²) in [6.45, 7) is 5.16. The van der Waals surface area contributed by atoms with Crippen molar-refractivity contribution < 1.29 is 9.53 Å². The average Bonchev–Trinajstić information content (AvgIpc) is 2.69. The molecule has 1 unspecified atom stereocenters. The summed E-state index contributed by atoms with van der Waals surface area (Å²) >= 11 is 1.85. The summed E-state index contributed by atoms with van der Waals surface area (Å²) in [5.41, 5.74) is 0. The van der Waals surface area contributed by atoms with Crippen LogP contribution in [0.4, 0.5) is 0 Å². The van der Waals surface area contributed by atoms with E-state index < -0.39 is 0 Å². The summed E-state index contributed by atoms with van der Waals surface area (Å²) in [6, 6.07) is 4.79. The van der Waals surface area contributed by atoms with Crippen LogP contribution in [0.1, 0.15) is 29.5 Å². The lowest BCUT2D eigenvalue weighted by Crippen LogP contribution is -2.29. The van der Waals surface area contributed by atoms with Gasteiger partial charge in [-0.3, -0.25) is 4.79 Å². The Kier molecular flexibility index (Phi) is 6.22. The summed E-state index contributed by atoms with van der Waals surface area (Å²) < 4.78 is 4.59. The molecule has 0 radical (unpaired) electrons. The number of hydrogen-bond donors (Lipinski definition) is 1. The Hall–Kier alpha value is -0.870. The monoisotopic (exact) mass is 255 g/mol. The molecule has 1 rings (SSSR count). The maximum atomic E-state index is 10.9. The molecule has 0 aliphatic rings. The molecule has 96 valence electrons. The first kappa shape index (κ1) is 14.2. The van der Waals surface area contributed by atoms with Gasteiger partial charge in [0.1, 0.15) is 0 Å². The number of esters is 1. The first-order valence-electron chi connectivity index (χ1n) is 5.97. The number of hydrogen-bond acceptors (Lipinski definition) is 4. The van der Waals surface area contributed by atoms with E-state index in [0.717, 1.165) is 19.4 Å². The predicted molar refractivity (Wildman–Crippen MR) is 71.5 cm³/mol. The van der Waals surface area contributed by atoms with Crippen LogP contribution in [0.2, 0.25) is 0 Å². The van der Waals surface area contributed by atoms with Crippen LogP contribution in [0.25, 0.3) is 0 Å². The minimum Gasteiger partial charge on any atom is -0.469 e. The highest BCUT2D eigenvalue weighted by Gasteiger charge is 2.05. The van der Waals surface area contributed by atoms with Gasteiger partial charge in [-0.05, 0) is 45.4 Å². The molecule has 0 aliphatic carbocycles. The van der Waals surface area contributed by atoms with Gasteiger partial charge in [0.25, 0.3) is 0 Å². The molecule has 0 aromatic carbocycles. The van der Waals surface area contributed by atoms with Gasteiger partial charge >= 0.3 is 5.97 Å². The van der Waals surface area contributed by atoms with E-state index in [2.05, 4.69) is 36.0 Å². The predicted octanol–water partition coefficient (Wildman–Crippen LogP) is 2.53. The Labute approximate surface area is 107 Å². The largest absolute Gasteiger partial charge is 0.469 e. The van der Waals surface area contributed by atoms with Crippen LogP contribution < -0.4 is 5.32 Å². The van der Waals surface area contributed by atoms with Crippen molar-refractivity contribution in [2.24, 2.45) is 0 Å². The van der Waals surface area contributed by atoms with Crippen molar-refractivity contribution in [3.8, 4) is 0 Å². The fourth-order valence-corrected chi connectivity index (χ4v) is 2.67. The average molecular weight is 255 g/mol. The molecule has 4 heteroatoms. The van der Waals surface area contributed by atoms with Crippen LogP contribution in [0.15, 0.2) is 12.1 Å². The number of rotatable bonds is 7. The van der Waals surface area contributed by atoms with Gasteiger partial charge in [0.15, 0.2) is 0 Å². The van der Waals surface area contributed by atoms with Crippen LogP contribution in [0, 0.1) is 6.92 Å². The summed E-state index contributed by atoms with van der Waals surface area (Å²) in [4.78, 5) is 13.7. The third kappa shape index (κ3) is 5.84. The molecule has 1 heterocycles. The van der Waals surface area contributed by atoms with Crippen molar-refractivity contribution in [3.05, 3.63) is 21.9 Å². The van der Waals surface area contributed by atoms with Gasteiger partial charge in [-0.2, -0.15) is 0 Å². The highest BCUT2D eigenvalue weighted by atomic mass is 32.1. The van der Waals surface area contributed by atoms with Gasteiger partial charge in [-0.1, -0.05) is 0 Å². The van der Waals surface area contributed by atoms with Crippen LogP contribution in [0.5, 0.6) is 0 Å². The van der Waals surface area contributed by atoms with E-state index in [-0.39, 0.29) is 5.97 Å². The van der Waals surface area contributed by atoms with Crippen molar-refractivity contribution in [2.75, 3.05) is 13.7 Å². The maximum Gasteiger partial charge on any atom is 0.305 e. The Morgan fingerprint density at radius 1 is 1.53 bits per heavy atom. The Bertz CT molecular complexity index is 349. The quantitative estimate of drug-likeness (QED) is 0.601. The number of methoxy groups -OCH3 is 1. The summed E-state index contributed by atoms with van der Waals surface area (Å²) in [5.74, 6) is -0.131. The lowest BCUT2D eigenvalue weighted by Gasteiger charge is -2.12. The first-order chi connectivity index (χ1) is 8.11. The fourth-order valence-electron chi connectivity index (χ4n) is 1.65. The third-order valence-corrected chi connectivity index (χ3v) is 3.60. The van der Waals surface area contributed by atoms with E-state index in [1.807, 2.05) is 11.3 Å². The summed E-state index contributed by atoms with van der Waals surface area (Å²) in [5, 5.41) is 3.42. The van der Waals surface area contributed by atoms with E-state index in [1.165, 1.54) is 16.9 Å². The molecular weight excluding hydrogens is 234 g/mol. The smallest absolute Gasteiger partial charge is 0.305 e. The van der Waals surface area contributed by atoms with Crippen molar-refractivity contribution in [3.63, 3.8) is 0 Å². The van der Waals surface area contributed by atoms with E-state index in [1.54, 1.807) is 0 Å². The molecule has 3 nitrogen and oxygen atoms in total. The number of carbonyl (C=O) groups is 1. The minimum atomic E-state index is -0.131. The highest BCUT2D eigenvalue weighted by molar-refractivity contribution is 7.11. The Morgan fingerprint density at radius 2 is 2.29 bits per heavy atom. The Balaban J connectivity index is 2.13. The zero-order chi connectivity index (χ0) is 12.7. The highest BCUT2D eigenvalue weighted by Crippen LogP contribution is 2.16. The first-order valence-corrected chi connectivity index (χ1v) is 6.79. The topological polar surface area (TPSA) is 38.3 Å². The third-order valence-electron chi connectivity index (χ3n) is 2.58. The maximum absolute atomic E-state index is 10.9. The fraction of sp³-hybridized carbons (Fsp3) is 0.615. The van der Waals surface area contributed by atoms with Gasteiger partial charge in [-0.25, -0.2) is 0 Å². The number of ether oxygens (including phenoxy) is 1. The number of nitrogens with one attached hydrogen (secondary N) is 1. The van der Waals surface area contributed by atoms with Crippen molar-refractivity contribution in [2.45, 2.75) is 39.2 Å². The molecule has 0 saturated heterocycles. The molecule has 1 aromatic heterocycles. The molecule has 17 heavy (non-hydrogen) atoms. The van der Waals surface area contributed by atoms with E-state index in [4.69, 9.17) is 0 Å².